The zero-order valence-corrected chi connectivity index (χ0v) is 18.9. The molecule has 0 bridgehead atoms. The number of carbonyl (C=O) groups excluding carboxylic acids is 1. The summed E-state index contributed by atoms with van der Waals surface area (Å²) in [5, 5.41) is 13.4. The molecular formula is C23H23ClN2O5S. The largest absolute Gasteiger partial charge is 0.494 e. The van der Waals surface area contributed by atoms with Crippen molar-refractivity contribution in [3.63, 3.8) is 0 Å². The summed E-state index contributed by atoms with van der Waals surface area (Å²) in [6.45, 7) is 2.30. The van der Waals surface area contributed by atoms with Gasteiger partial charge in [0.25, 0.3) is 15.9 Å². The molecule has 7 nitrogen and oxygen atoms in total. The maximum atomic E-state index is 12.7. The minimum absolute atomic E-state index is 0.0265. The number of rotatable bonds is 9. The average molecular weight is 475 g/mol. The number of sulfonamides is 1. The molecule has 1 atom stereocenters. The fourth-order valence-electron chi connectivity index (χ4n) is 2.94. The van der Waals surface area contributed by atoms with Crippen LogP contribution in [-0.2, 0) is 10.0 Å². The third-order valence-electron chi connectivity index (χ3n) is 4.51. The number of anilines is 1. The second-order valence-electron chi connectivity index (χ2n) is 6.87. The van der Waals surface area contributed by atoms with Crippen LogP contribution in [-0.4, -0.2) is 32.6 Å². The topological polar surface area (TPSA) is 105 Å². The van der Waals surface area contributed by atoms with Gasteiger partial charge in [-0.3, -0.25) is 9.52 Å². The fraction of sp³-hybridized carbons (Fsp3) is 0.174. The second-order valence-corrected chi connectivity index (χ2v) is 8.99. The van der Waals surface area contributed by atoms with Gasteiger partial charge in [0.1, 0.15) is 5.75 Å². The van der Waals surface area contributed by atoms with Gasteiger partial charge in [0.05, 0.1) is 17.6 Å². The molecule has 3 aromatic rings. The highest BCUT2D eigenvalue weighted by molar-refractivity contribution is 7.92. The van der Waals surface area contributed by atoms with Crippen molar-refractivity contribution in [3.05, 3.63) is 88.9 Å². The number of nitrogens with one attached hydrogen (secondary N) is 2. The number of hydrogen-bond acceptors (Lipinski definition) is 5. The Hall–Kier alpha value is -3.07. The van der Waals surface area contributed by atoms with Crippen LogP contribution >= 0.6 is 11.6 Å². The molecule has 1 amide bonds. The molecule has 168 valence electrons. The average Bonchev–Trinajstić information content (AvgIpc) is 2.77. The Bertz CT molecular complexity index is 1180. The smallest absolute Gasteiger partial charge is 0.261 e. The van der Waals surface area contributed by atoms with Crippen LogP contribution < -0.4 is 14.8 Å². The molecule has 0 saturated heterocycles. The van der Waals surface area contributed by atoms with Gasteiger partial charge in [0.2, 0.25) is 0 Å². The number of amides is 1. The molecular weight excluding hydrogens is 452 g/mol. The van der Waals surface area contributed by atoms with Crippen molar-refractivity contribution in [3.8, 4) is 5.75 Å². The lowest BCUT2D eigenvalue weighted by atomic mass is 10.1. The van der Waals surface area contributed by atoms with Gasteiger partial charge < -0.3 is 15.2 Å². The Kier molecular flexibility index (Phi) is 7.74. The van der Waals surface area contributed by atoms with Gasteiger partial charge in [-0.05, 0) is 67.1 Å². The molecule has 32 heavy (non-hydrogen) atoms. The molecule has 0 aromatic heterocycles. The number of aliphatic hydroxyl groups is 1. The van der Waals surface area contributed by atoms with Gasteiger partial charge in [-0.25, -0.2) is 8.42 Å². The van der Waals surface area contributed by atoms with Crippen molar-refractivity contribution in [2.24, 2.45) is 0 Å². The Labute approximate surface area is 192 Å². The van der Waals surface area contributed by atoms with E-state index in [1.807, 2.05) is 6.92 Å². The Morgan fingerprint density at radius 1 is 1.06 bits per heavy atom. The Morgan fingerprint density at radius 2 is 1.78 bits per heavy atom. The normalized spacial score (nSPS) is 12.1. The van der Waals surface area contributed by atoms with Crippen LogP contribution in [0.5, 0.6) is 5.75 Å². The van der Waals surface area contributed by atoms with Crippen LogP contribution in [0.15, 0.2) is 77.7 Å². The van der Waals surface area contributed by atoms with E-state index in [1.165, 1.54) is 18.2 Å². The van der Waals surface area contributed by atoms with E-state index in [0.29, 0.717) is 22.9 Å². The monoisotopic (exact) mass is 474 g/mol. The molecule has 0 heterocycles. The summed E-state index contributed by atoms with van der Waals surface area (Å²) in [5.41, 5.74) is 1.06. The van der Waals surface area contributed by atoms with E-state index in [1.54, 1.807) is 54.6 Å². The predicted octanol–water partition coefficient (Wildman–Crippen LogP) is 4.00. The fourth-order valence-corrected chi connectivity index (χ4v) is 4.19. The minimum Gasteiger partial charge on any atom is -0.494 e. The predicted molar refractivity (Wildman–Crippen MR) is 124 cm³/mol. The first-order chi connectivity index (χ1) is 15.3. The highest BCUT2D eigenvalue weighted by atomic mass is 35.5. The molecule has 0 aliphatic heterocycles. The first-order valence-corrected chi connectivity index (χ1v) is 11.7. The quantitative estimate of drug-likeness (QED) is 0.434. The van der Waals surface area contributed by atoms with Gasteiger partial charge >= 0.3 is 0 Å². The van der Waals surface area contributed by atoms with Crippen LogP contribution in [0.4, 0.5) is 5.69 Å². The third kappa shape index (κ3) is 6.23. The molecule has 0 aliphatic carbocycles. The third-order valence-corrected chi connectivity index (χ3v) is 6.14. The summed E-state index contributed by atoms with van der Waals surface area (Å²) in [4.78, 5) is 12.6. The number of carbonyl (C=O) groups is 1. The molecule has 0 unspecified atom stereocenters. The summed E-state index contributed by atoms with van der Waals surface area (Å²) >= 11 is 5.92. The number of hydrogen-bond donors (Lipinski definition) is 3. The first kappa shape index (κ1) is 23.6. The van der Waals surface area contributed by atoms with Crippen molar-refractivity contribution >= 4 is 33.2 Å². The Morgan fingerprint density at radius 3 is 2.47 bits per heavy atom. The summed E-state index contributed by atoms with van der Waals surface area (Å²) in [6.07, 6.45) is -0.931. The van der Waals surface area contributed by atoms with E-state index < -0.39 is 22.0 Å². The maximum Gasteiger partial charge on any atom is 0.261 e. The molecule has 3 aromatic carbocycles. The van der Waals surface area contributed by atoms with Gasteiger partial charge in [-0.2, -0.15) is 0 Å². The van der Waals surface area contributed by atoms with Crippen LogP contribution in [0, 0.1) is 0 Å². The van der Waals surface area contributed by atoms with E-state index in [-0.39, 0.29) is 22.7 Å². The van der Waals surface area contributed by atoms with E-state index >= 15 is 0 Å². The summed E-state index contributed by atoms with van der Waals surface area (Å²) in [6, 6.07) is 18.9. The van der Waals surface area contributed by atoms with E-state index in [9.17, 15) is 18.3 Å². The molecule has 0 saturated carbocycles. The summed E-state index contributed by atoms with van der Waals surface area (Å²) in [5.74, 6) is 0.123. The van der Waals surface area contributed by atoms with Crippen LogP contribution in [0.1, 0.15) is 28.9 Å². The second kappa shape index (κ2) is 10.5. The van der Waals surface area contributed by atoms with Gasteiger partial charge in [0.15, 0.2) is 0 Å². The van der Waals surface area contributed by atoms with Gasteiger partial charge in [-0.15, -0.1) is 0 Å². The minimum atomic E-state index is -3.84. The lowest BCUT2D eigenvalue weighted by Crippen LogP contribution is -2.28. The van der Waals surface area contributed by atoms with E-state index in [4.69, 9.17) is 16.3 Å². The zero-order valence-electron chi connectivity index (χ0n) is 17.3. The van der Waals surface area contributed by atoms with Crippen molar-refractivity contribution in [1.29, 1.82) is 0 Å². The highest BCUT2D eigenvalue weighted by Crippen LogP contribution is 2.21. The van der Waals surface area contributed by atoms with E-state index in [0.717, 1.165) is 0 Å². The van der Waals surface area contributed by atoms with Crippen molar-refractivity contribution in [2.45, 2.75) is 17.9 Å². The first-order valence-electron chi connectivity index (χ1n) is 9.86. The van der Waals surface area contributed by atoms with Crippen molar-refractivity contribution in [1.82, 2.24) is 5.32 Å². The highest BCUT2D eigenvalue weighted by Gasteiger charge is 2.16. The summed E-state index contributed by atoms with van der Waals surface area (Å²) in [7, 11) is -3.84. The number of benzene rings is 3. The molecule has 3 rings (SSSR count). The molecule has 0 radical (unpaired) electrons. The molecule has 0 fully saturated rings. The SMILES string of the molecule is CCOc1ccc(S(=O)(=O)Nc2cccc(C(=O)NC[C@@H](O)c3cccc(Cl)c3)c2)cc1. The van der Waals surface area contributed by atoms with E-state index in [2.05, 4.69) is 10.0 Å². The van der Waals surface area contributed by atoms with Crippen molar-refractivity contribution in [2.75, 3.05) is 17.9 Å². The van der Waals surface area contributed by atoms with Crippen molar-refractivity contribution < 1.29 is 23.1 Å². The molecule has 0 spiro atoms. The summed E-state index contributed by atoms with van der Waals surface area (Å²) < 4.78 is 33.1. The zero-order chi connectivity index (χ0) is 23.1. The van der Waals surface area contributed by atoms with Crippen LogP contribution in [0.3, 0.4) is 0 Å². The standard InChI is InChI=1S/C23H23ClN2O5S/c1-2-31-20-9-11-21(12-10-20)32(29,30)26-19-8-4-6-17(14-19)23(28)25-15-22(27)16-5-3-7-18(24)13-16/h3-14,22,26-27H,2,15H2,1H3,(H,25,28)/t22-/m1/s1. The number of ether oxygens (including phenoxy) is 1. The lowest BCUT2D eigenvalue weighted by molar-refractivity contribution is 0.0916. The number of halogens is 1. The van der Waals surface area contributed by atoms with Crippen LogP contribution in [0.2, 0.25) is 5.02 Å². The number of aliphatic hydroxyl groups excluding tert-OH is 1. The molecule has 0 aliphatic rings. The van der Waals surface area contributed by atoms with Gasteiger partial charge in [0, 0.05) is 22.8 Å². The van der Waals surface area contributed by atoms with Crippen LogP contribution in [0.25, 0.3) is 0 Å². The van der Waals surface area contributed by atoms with Gasteiger partial charge in [-0.1, -0.05) is 29.8 Å². The maximum absolute atomic E-state index is 12.7. The molecule has 9 heteroatoms. The lowest BCUT2D eigenvalue weighted by Gasteiger charge is -2.13. The molecule has 3 N–H and O–H groups in total. The Balaban J connectivity index is 1.65.